The molecule has 0 spiro atoms. The predicted octanol–water partition coefficient (Wildman–Crippen LogP) is 1.03. The summed E-state index contributed by atoms with van der Waals surface area (Å²) in [5.41, 5.74) is 1.14. The van der Waals surface area contributed by atoms with Crippen molar-refractivity contribution < 1.29 is 9.90 Å². The van der Waals surface area contributed by atoms with Crippen LogP contribution in [0.25, 0.3) is 0 Å². The zero-order valence-electron chi connectivity index (χ0n) is 8.39. The first-order chi connectivity index (χ1) is 7.27. The van der Waals surface area contributed by atoms with Crippen molar-refractivity contribution in [2.45, 2.75) is 25.4 Å². The fourth-order valence-electron chi connectivity index (χ4n) is 1.79. The summed E-state index contributed by atoms with van der Waals surface area (Å²) in [6.45, 7) is 0.719. The van der Waals surface area contributed by atoms with Crippen LogP contribution in [0.15, 0.2) is 24.5 Å². The Balaban J connectivity index is 1.82. The van der Waals surface area contributed by atoms with E-state index in [1.807, 2.05) is 12.1 Å². The molecule has 0 aliphatic heterocycles. The topological polar surface area (TPSA) is 62.2 Å². The molecule has 1 aliphatic rings. The minimum absolute atomic E-state index is 0.135. The summed E-state index contributed by atoms with van der Waals surface area (Å²) in [4.78, 5) is 14.7. The van der Waals surface area contributed by atoms with Crippen molar-refractivity contribution in [3.63, 3.8) is 0 Å². The fraction of sp³-hybridized carbons (Fsp3) is 0.455. The Morgan fingerprint density at radius 1 is 1.47 bits per heavy atom. The maximum atomic E-state index is 10.8. The molecule has 4 heteroatoms. The molecule has 2 rings (SSSR count). The summed E-state index contributed by atoms with van der Waals surface area (Å²) in [7, 11) is 0. The smallest absolute Gasteiger partial charge is 0.308 e. The van der Waals surface area contributed by atoms with E-state index in [4.69, 9.17) is 5.11 Å². The molecule has 1 heterocycles. The van der Waals surface area contributed by atoms with Crippen LogP contribution in [-0.2, 0) is 11.3 Å². The molecule has 0 amide bonds. The molecule has 4 nitrogen and oxygen atoms in total. The van der Waals surface area contributed by atoms with Crippen molar-refractivity contribution in [3.05, 3.63) is 30.1 Å². The minimum Gasteiger partial charge on any atom is -0.481 e. The van der Waals surface area contributed by atoms with Crippen LogP contribution in [0, 0.1) is 5.92 Å². The summed E-state index contributed by atoms with van der Waals surface area (Å²) in [5.74, 6) is -0.889. The van der Waals surface area contributed by atoms with Crippen molar-refractivity contribution >= 4 is 5.97 Å². The highest BCUT2D eigenvalue weighted by Crippen LogP contribution is 2.27. The van der Waals surface area contributed by atoms with Crippen LogP contribution in [0.1, 0.15) is 18.4 Å². The molecule has 0 radical (unpaired) electrons. The SMILES string of the molecule is O=C(O)C1CCC1NCc1ccncc1. The molecule has 0 aromatic carbocycles. The van der Waals surface area contributed by atoms with Gasteiger partial charge >= 0.3 is 5.97 Å². The second-order valence-electron chi connectivity index (χ2n) is 3.86. The van der Waals surface area contributed by atoms with Crippen LogP contribution in [0.3, 0.4) is 0 Å². The molecule has 1 fully saturated rings. The van der Waals surface area contributed by atoms with Crippen molar-refractivity contribution in [2.75, 3.05) is 0 Å². The number of aromatic nitrogens is 1. The molecule has 2 unspecified atom stereocenters. The number of carboxylic acid groups (broad SMARTS) is 1. The average Bonchev–Trinajstić information content (AvgIpc) is 2.17. The molecule has 2 N–H and O–H groups in total. The maximum Gasteiger partial charge on any atom is 0.308 e. The summed E-state index contributed by atoms with van der Waals surface area (Å²) >= 11 is 0. The summed E-state index contributed by atoms with van der Waals surface area (Å²) < 4.78 is 0. The largest absolute Gasteiger partial charge is 0.481 e. The zero-order chi connectivity index (χ0) is 10.7. The van der Waals surface area contributed by atoms with E-state index in [9.17, 15) is 4.79 Å². The van der Waals surface area contributed by atoms with Gasteiger partial charge in [-0.05, 0) is 30.5 Å². The van der Waals surface area contributed by atoms with Crippen LogP contribution < -0.4 is 5.32 Å². The van der Waals surface area contributed by atoms with Gasteiger partial charge in [-0.1, -0.05) is 0 Å². The quantitative estimate of drug-likeness (QED) is 0.772. The van der Waals surface area contributed by atoms with E-state index in [0.29, 0.717) is 0 Å². The van der Waals surface area contributed by atoms with Crippen LogP contribution in [-0.4, -0.2) is 22.1 Å². The third-order valence-corrected chi connectivity index (χ3v) is 2.91. The van der Waals surface area contributed by atoms with Gasteiger partial charge in [-0.2, -0.15) is 0 Å². The van der Waals surface area contributed by atoms with Gasteiger partial charge in [-0.25, -0.2) is 0 Å². The Bertz CT molecular complexity index is 340. The highest BCUT2D eigenvalue weighted by atomic mass is 16.4. The minimum atomic E-state index is -0.687. The molecule has 15 heavy (non-hydrogen) atoms. The summed E-state index contributed by atoms with van der Waals surface area (Å²) in [5, 5.41) is 12.1. The van der Waals surface area contributed by atoms with E-state index in [-0.39, 0.29) is 12.0 Å². The van der Waals surface area contributed by atoms with Gasteiger partial charge in [0.05, 0.1) is 5.92 Å². The van der Waals surface area contributed by atoms with E-state index >= 15 is 0 Å². The summed E-state index contributed by atoms with van der Waals surface area (Å²) in [6, 6.07) is 4.00. The number of pyridine rings is 1. The van der Waals surface area contributed by atoms with Gasteiger partial charge in [-0.15, -0.1) is 0 Å². The van der Waals surface area contributed by atoms with Gasteiger partial charge in [0.1, 0.15) is 0 Å². The van der Waals surface area contributed by atoms with Gasteiger partial charge in [0.25, 0.3) is 0 Å². The van der Waals surface area contributed by atoms with Gasteiger partial charge in [0.15, 0.2) is 0 Å². The van der Waals surface area contributed by atoms with Crippen molar-refractivity contribution in [3.8, 4) is 0 Å². The number of hydrogen-bond acceptors (Lipinski definition) is 3. The second kappa shape index (κ2) is 4.40. The van der Waals surface area contributed by atoms with Gasteiger partial charge in [-0.3, -0.25) is 9.78 Å². The van der Waals surface area contributed by atoms with Crippen LogP contribution in [0.5, 0.6) is 0 Å². The Kier molecular flexibility index (Phi) is 2.97. The van der Waals surface area contributed by atoms with E-state index in [0.717, 1.165) is 24.9 Å². The number of carboxylic acids is 1. The molecule has 0 bridgehead atoms. The Morgan fingerprint density at radius 3 is 2.73 bits per heavy atom. The molecule has 2 atom stereocenters. The van der Waals surface area contributed by atoms with E-state index in [2.05, 4.69) is 10.3 Å². The lowest BCUT2D eigenvalue weighted by Gasteiger charge is -2.34. The van der Waals surface area contributed by atoms with Crippen molar-refractivity contribution in [2.24, 2.45) is 5.92 Å². The summed E-state index contributed by atoms with van der Waals surface area (Å²) in [6.07, 6.45) is 5.24. The number of carbonyl (C=O) groups is 1. The third-order valence-electron chi connectivity index (χ3n) is 2.91. The first kappa shape index (κ1) is 10.1. The number of nitrogens with zero attached hydrogens (tertiary/aromatic N) is 1. The number of nitrogens with one attached hydrogen (secondary N) is 1. The number of hydrogen-bond donors (Lipinski definition) is 2. The lowest BCUT2D eigenvalue weighted by Crippen LogP contribution is -2.47. The van der Waals surface area contributed by atoms with Crippen molar-refractivity contribution in [1.29, 1.82) is 0 Å². The van der Waals surface area contributed by atoms with Gasteiger partial charge < -0.3 is 10.4 Å². The van der Waals surface area contributed by atoms with Crippen LogP contribution >= 0.6 is 0 Å². The molecule has 0 saturated heterocycles. The molecule has 1 saturated carbocycles. The molecular formula is C11H14N2O2. The van der Waals surface area contributed by atoms with Crippen LogP contribution in [0.2, 0.25) is 0 Å². The lowest BCUT2D eigenvalue weighted by molar-refractivity contribution is -0.146. The van der Waals surface area contributed by atoms with E-state index in [1.165, 1.54) is 0 Å². The Morgan fingerprint density at radius 2 is 2.20 bits per heavy atom. The molecule has 1 aliphatic carbocycles. The molecule has 80 valence electrons. The lowest BCUT2D eigenvalue weighted by atomic mass is 9.79. The predicted molar refractivity (Wildman–Crippen MR) is 55.2 cm³/mol. The van der Waals surface area contributed by atoms with Crippen molar-refractivity contribution in [1.82, 2.24) is 10.3 Å². The number of aliphatic carboxylic acids is 1. The normalized spacial score (nSPS) is 24.5. The first-order valence-corrected chi connectivity index (χ1v) is 5.12. The van der Waals surface area contributed by atoms with E-state index < -0.39 is 5.97 Å². The maximum absolute atomic E-state index is 10.8. The number of rotatable bonds is 4. The Labute approximate surface area is 88.3 Å². The molecule has 1 aromatic heterocycles. The van der Waals surface area contributed by atoms with Gasteiger partial charge in [0.2, 0.25) is 0 Å². The highest BCUT2D eigenvalue weighted by molar-refractivity contribution is 5.72. The first-order valence-electron chi connectivity index (χ1n) is 5.12. The second-order valence-corrected chi connectivity index (χ2v) is 3.86. The van der Waals surface area contributed by atoms with Gasteiger partial charge in [0, 0.05) is 25.0 Å². The molecular weight excluding hydrogens is 192 g/mol. The third kappa shape index (κ3) is 2.33. The standard InChI is InChI=1S/C11H14N2O2/c14-11(15)9-1-2-10(9)13-7-8-3-5-12-6-4-8/h3-6,9-10,13H,1-2,7H2,(H,14,15). The Hall–Kier alpha value is -1.42. The zero-order valence-corrected chi connectivity index (χ0v) is 8.39. The van der Waals surface area contributed by atoms with E-state index in [1.54, 1.807) is 12.4 Å². The monoisotopic (exact) mass is 206 g/mol. The average molecular weight is 206 g/mol. The fourth-order valence-corrected chi connectivity index (χ4v) is 1.79. The van der Waals surface area contributed by atoms with Crippen LogP contribution in [0.4, 0.5) is 0 Å². The molecule has 1 aromatic rings. The highest BCUT2D eigenvalue weighted by Gasteiger charge is 2.35.